The van der Waals surface area contributed by atoms with Gasteiger partial charge in [-0.15, -0.1) is 0 Å². The summed E-state index contributed by atoms with van der Waals surface area (Å²) in [4.78, 5) is 0. The van der Waals surface area contributed by atoms with E-state index in [1.54, 1.807) is 0 Å². The van der Waals surface area contributed by atoms with Crippen LogP contribution in [0.2, 0.25) is 0 Å². The van der Waals surface area contributed by atoms with Gasteiger partial charge in [0.1, 0.15) is 36.1 Å². The van der Waals surface area contributed by atoms with Crippen molar-refractivity contribution in [3.8, 4) is 28.4 Å². The van der Waals surface area contributed by atoms with Gasteiger partial charge in [0.25, 0.3) is 0 Å². The van der Waals surface area contributed by atoms with Crippen LogP contribution >= 0.6 is 0 Å². The number of benzene rings is 4. The lowest BCUT2D eigenvalue weighted by molar-refractivity contribution is -0.0148. The van der Waals surface area contributed by atoms with Crippen molar-refractivity contribution in [2.24, 2.45) is 0 Å². The molecule has 4 aromatic carbocycles. The molecule has 4 aromatic rings. The van der Waals surface area contributed by atoms with Gasteiger partial charge in [-0.25, -0.2) is 0 Å². The van der Waals surface area contributed by atoms with Crippen molar-refractivity contribution < 1.29 is 14.2 Å². The van der Waals surface area contributed by atoms with E-state index in [2.05, 4.69) is 74.5 Å². The molecule has 1 aliphatic heterocycles. The fourth-order valence-corrected chi connectivity index (χ4v) is 5.36. The summed E-state index contributed by atoms with van der Waals surface area (Å²) < 4.78 is 19.4. The van der Waals surface area contributed by atoms with E-state index < -0.39 is 0 Å². The van der Waals surface area contributed by atoms with Gasteiger partial charge in [0.15, 0.2) is 0 Å². The second kappa shape index (κ2) is 9.39. The Balaban J connectivity index is 1.36. The van der Waals surface area contributed by atoms with E-state index in [4.69, 9.17) is 14.2 Å². The Labute approximate surface area is 213 Å². The van der Waals surface area contributed by atoms with Gasteiger partial charge in [0.2, 0.25) is 0 Å². The minimum Gasteiger partial charge on any atom is -0.489 e. The maximum Gasteiger partial charge on any atom is 0.135 e. The Hall–Kier alpha value is -3.72. The van der Waals surface area contributed by atoms with E-state index in [-0.39, 0.29) is 5.60 Å². The third kappa shape index (κ3) is 4.13. The molecule has 1 heterocycles. The highest BCUT2D eigenvalue weighted by atomic mass is 16.5. The molecule has 0 radical (unpaired) electrons. The number of hydrogen-bond acceptors (Lipinski definition) is 3. The predicted octanol–water partition coefficient (Wildman–Crippen LogP) is 8.15. The highest BCUT2D eigenvalue weighted by molar-refractivity contribution is 5.80. The minimum atomic E-state index is -0.272. The van der Waals surface area contributed by atoms with Crippen LogP contribution in [0.5, 0.6) is 17.2 Å². The molecular weight excluding hydrogens is 444 g/mol. The largest absolute Gasteiger partial charge is 0.489 e. The number of hydrogen-bond donors (Lipinski definition) is 0. The molecule has 0 aromatic heterocycles. The van der Waals surface area contributed by atoms with Crippen LogP contribution in [0, 0.1) is 6.92 Å². The summed E-state index contributed by atoms with van der Waals surface area (Å²) in [6.45, 7) is 5.43. The summed E-state index contributed by atoms with van der Waals surface area (Å²) in [6, 6.07) is 29.6. The smallest absolute Gasteiger partial charge is 0.135 e. The molecule has 3 nitrogen and oxygen atoms in total. The van der Waals surface area contributed by atoms with Crippen molar-refractivity contribution in [1.29, 1.82) is 0 Å². The van der Waals surface area contributed by atoms with Crippen molar-refractivity contribution >= 4 is 0 Å². The topological polar surface area (TPSA) is 27.7 Å². The molecule has 1 spiro atoms. The highest BCUT2D eigenvalue weighted by Crippen LogP contribution is 2.56. The van der Waals surface area contributed by atoms with Crippen molar-refractivity contribution in [2.75, 3.05) is 0 Å². The lowest BCUT2D eigenvalue weighted by Gasteiger charge is -2.47. The van der Waals surface area contributed by atoms with E-state index in [1.807, 2.05) is 24.3 Å². The second-order valence-corrected chi connectivity index (χ2v) is 9.97. The van der Waals surface area contributed by atoms with Gasteiger partial charge < -0.3 is 14.2 Å². The standard InChI is InChI=1S/C33H32O3/c1-3-26-18-27-28-17-23(2)30(34-21-24-11-6-4-7-12-24)20-32(28)36-33(15-10-16-33)29(27)19-31(26)35-22-25-13-8-5-9-14-25/h4-9,11-14,17-20H,3,10,15-16,21-22H2,1-2H3. The molecule has 0 N–H and O–H groups in total. The van der Waals surface area contributed by atoms with Crippen LogP contribution in [0.15, 0.2) is 84.9 Å². The van der Waals surface area contributed by atoms with Crippen LogP contribution in [0.4, 0.5) is 0 Å². The molecule has 1 saturated carbocycles. The molecule has 2 aliphatic rings. The Morgan fingerprint density at radius 1 is 0.750 bits per heavy atom. The molecule has 1 fully saturated rings. The zero-order valence-electron chi connectivity index (χ0n) is 21.1. The van der Waals surface area contributed by atoms with E-state index in [0.29, 0.717) is 13.2 Å². The van der Waals surface area contributed by atoms with Gasteiger partial charge >= 0.3 is 0 Å². The molecule has 0 bridgehead atoms. The lowest BCUT2D eigenvalue weighted by atomic mass is 9.70. The van der Waals surface area contributed by atoms with Crippen molar-refractivity contribution in [2.45, 2.75) is 58.3 Å². The zero-order valence-corrected chi connectivity index (χ0v) is 21.1. The van der Waals surface area contributed by atoms with E-state index in [1.165, 1.54) is 28.7 Å². The first-order chi connectivity index (χ1) is 17.6. The molecule has 0 amide bonds. The molecule has 0 unspecified atom stereocenters. The molecular formula is C33H32O3. The monoisotopic (exact) mass is 476 g/mol. The van der Waals surface area contributed by atoms with Gasteiger partial charge in [0, 0.05) is 17.2 Å². The summed E-state index contributed by atoms with van der Waals surface area (Å²) >= 11 is 0. The van der Waals surface area contributed by atoms with Gasteiger partial charge in [-0.1, -0.05) is 67.6 Å². The van der Waals surface area contributed by atoms with Crippen LogP contribution in [-0.2, 0) is 25.2 Å². The Bertz CT molecular complexity index is 1370. The first kappa shape index (κ1) is 22.7. The average molecular weight is 477 g/mol. The number of rotatable bonds is 7. The Kier molecular flexibility index (Phi) is 5.92. The quantitative estimate of drug-likeness (QED) is 0.269. The van der Waals surface area contributed by atoms with E-state index in [0.717, 1.165) is 53.2 Å². The van der Waals surface area contributed by atoms with Crippen molar-refractivity contribution in [1.82, 2.24) is 0 Å². The maximum atomic E-state index is 6.79. The van der Waals surface area contributed by atoms with Crippen molar-refractivity contribution in [3.63, 3.8) is 0 Å². The van der Waals surface area contributed by atoms with E-state index >= 15 is 0 Å². The van der Waals surface area contributed by atoms with Crippen LogP contribution in [-0.4, -0.2) is 0 Å². The fraction of sp³-hybridized carbons (Fsp3) is 0.273. The van der Waals surface area contributed by atoms with Crippen molar-refractivity contribution in [3.05, 3.63) is 113 Å². The second-order valence-electron chi connectivity index (χ2n) is 9.97. The van der Waals surface area contributed by atoms with Crippen LogP contribution < -0.4 is 14.2 Å². The van der Waals surface area contributed by atoms with Gasteiger partial charge in [-0.2, -0.15) is 0 Å². The van der Waals surface area contributed by atoms with Gasteiger partial charge in [0.05, 0.1) is 0 Å². The fourth-order valence-electron chi connectivity index (χ4n) is 5.36. The minimum absolute atomic E-state index is 0.272. The van der Waals surface area contributed by atoms with E-state index in [9.17, 15) is 0 Å². The summed E-state index contributed by atoms with van der Waals surface area (Å²) in [7, 11) is 0. The maximum absolute atomic E-state index is 6.79. The summed E-state index contributed by atoms with van der Waals surface area (Å²) in [5.74, 6) is 2.78. The molecule has 0 saturated heterocycles. The predicted molar refractivity (Wildman–Crippen MR) is 144 cm³/mol. The number of aryl methyl sites for hydroxylation is 2. The van der Waals surface area contributed by atoms with Crippen LogP contribution in [0.3, 0.4) is 0 Å². The molecule has 1 aliphatic carbocycles. The molecule has 6 rings (SSSR count). The van der Waals surface area contributed by atoms with Crippen LogP contribution in [0.25, 0.3) is 11.1 Å². The summed E-state index contributed by atoms with van der Waals surface area (Å²) in [5, 5.41) is 0. The average Bonchev–Trinajstić information content (AvgIpc) is 2.90. The summed E-state index contributed by atoms with van der Waals surface area (Å²) in [5.41, 5.74) is 8.10. The Morgan fingerprint density at radius 2 is 1.39 bits per heavy atom. The SMILES string of the molecule is CCc1cc2c(cc1OCc1ccccc1)C1(CCC1)Oc1cc(OCc3ccccc3)c(C)cc1-2. The number of fused-ring (bicyclic) bond motifs is 4. The first-order valence-electron chi connectivity index (χ1n) is 13.0. The third-order valence-corrected chi connectivity index (χ3v) is 7.58. The Morgan fingerprint density at radius 3 is 1.97 bits per heavy atom. The summed E-state index contributed by atoms with van der Waals surface area (Å²) in [6.07, 6.45) is 4.14. The molecule has 0 atom stereocenters. The highest BCUT2D eigenvalue weighted by Gasteiger charge is 2.46. The zero-order chi connectivity index (χ0) is 24.5. The number of ether oxygens (including phenoxy) is 3. The van der Waals surface area contributed by atoms with Gasteiger partial charge in [-0.05, 0) is 78.6 Å². The molecule has 36 heavy (non-hydrogen) atoms. The first-order valence-corrected chi connectivity index (χ1v) is 13.0. The molecule has 3 heteroatoms. The molecule has 182 valence electrons. The lowest BCUT2D eigenvalue weighted by Crippen LogP contribution is -2.42. The van der Waals surface area contributed by atoms with Gasteiger partial charge in [-0.3, -0.25) is 0 Å². The van der Waals surface area contributed by atoms with Crippen LogP contribution in [0.1, 0.15) is 54.0 Å². The third-order valence-electron chi connectivity index (χ3n) is 7.58. The normalized spacial score (nSPS) is 14.8.